The molecule has 2 nitrogen and oxygen atoms in total. The van der Waals surface area contributed by atoms with Crippen molar-refractivity contribution in [3.63, 3.8) is 0 Å². The van der Waals surface area contributed by atoms with E-state index in [0.717, 1.165) is 14.9 Å². The summed E-state index contributed by atoms with van der Waals surface area (Å²) in [4.78, 5) is 11.8. The Morgan fingerprint density at radius 1 is 1.60 bits per heavy atom. The Morgan fingerprint density at radius 3 is 2.73 bits per heavy atom. The van der Waals surface area contributed by atoms with Crippen LogP contribution in [0.5, 0.6) is 0 Å². The monoisotopic (exact) mass is 337 g/mol. The number of thiophene rings is 1. The van der Waals surface area contributed by atoms with Crippen molar-refractivity contribution in [1.29, 1.82) is 0 Å². The second kappa shape index (κ2) is 5.84. The molecule has 0 fully saturated rings. The molecule has 2 atom stereocenters. The molecule has 2 unspecified atom stereocenters. The number of amides is 1. The highest BCUT2D eigenvalue weighted by atomic mass is 127. The molecule has 0 aliphatic carbocycles. The van der Waals surface area contributed by atoms with Gasteiger partial charge in [-0.3, -0.25) is 4.79 Å². The fraction of sp³-hybridized carbons (Fsp3) is 0.545. The first-order valence-corrected chi connectivity index (χ1v) is 7.05. The minimum atomic E-state index is 0.0435. The standard InChI is InChI=1S/C11H16INOS/c1-4-7(2)8(3)13-11(14)9-5-10(12)15-6-9/h5-8H,4H2,1-3H3,(H,13,14). The van der Waals surface area contributed by atoms with Gasteiger partial charge in [0.25, 0.3) is 5.91 Å². The third-order valence-electron chi connectivity index (χ3n) is 2.69. The maximum absolute atomic E-state index is 11.8. The van der Waals surface area contributed by atoms with E-state index >= 15 is 0 Å². The fourth-order valence-corrected chi connectivity index (χ4v) is 2.54. The first kappa shape index (κ1) is 13.0. The van der Waals surface area contributed by atoms with Crippen molar-refractivity contribution >= 4 is 39.8 Å². The van der Waals surface area contributed by atoms with E-state index in [2.05, 4.69) is 48.7 Å². The number of hydrogen-bond acceptors (Lipinski definition) is 2. The second-order valence-corrected chi connectivity index (χ2v) is 6.59. The van der Waals surface area contributed by atoms with Gasteiger partial charge in [-0.1, -0.05) is 20.3 Å². The highest BCUT2D eigenvalue weighted by Crippen LogP contribution is 2.17. The Balaban J connectivity index is 2.56. The molecule has 1 heterocycles. The van der Waals surface area contributed by atoms with Crippen molar-refractivity contribution in [1.82, 2.24) is 5.32 Å². The lowest BCUT2D eigenvalue weighted by atomic mass is 10.0. The molecule has 1 aromatic rings. The summed E-state index contributed by atoms with van der Waals surface area (Å²) in [5, 5.41) is 4.93. The van der Waals surface area contributed by atoms with Gasteiger partial charge in [0.2, 0.25) is 0 Å². The van der Waals surface area contributed by atoms with Crippen molar-refractivity contribution < 1.29 is 4.79 Å². The molecule has 84 valence electrons. The van der Waals surface area contributed by atoms with Gasteiger partial charge in [-0.15, -0.1) is 11.3 Å². The molecule has 0 aliphatic heterocycles. The van der Waals surface area contributed by atoms with E-state index in [9.17, 15) is 4.79 Å². The van der Waals surface area contributed by atoms with Crippen LogP contribution in [-0.4, -0.2) is 11.9 Å². The van der Waals surface area contributed by atoms with E-state index in [4.69, 9.17) is 0 Å². The van der Waals surface area contributed by atoms with Crippen molar-refractivity contribution in [2.24, 2.45) is 5.92 Å². The van der Waals surface area contributed by atoms with Crippen molar-refractivity contribution in [2.45, 2.75) is 33.2 Å². The molecule has 0 saturated heterocycles. The molecule has 1 rings (SSSR count). The molecule has 15 heavy (non-hydrogen) atoms. The minimum Gasteiger partial charge on any atom is -0.349 e. The Labute approximate surface area is 109 Å². The van der Waals surface area contributed by atoms with Gasteiger partial charge in [-0.05, 0) is 41.5 Å². The zero-order valence-electron chi connectivity index (χ0n) is 9.21. The molecule has 0 bridgehead atoms. The average Bonchev–Trinajstić information content (AvgIpc) is 2.63. The molecule has 1 aromatic heterocycles. The van der Waals surface area contributed by atoms with Crippen LogP contribution in [0, 0.1) is 8.80 Å². The van der Waals surface area contributed by atoms with Crippen molar-refractivity contribution in [3.05, 3.63) is 19.9 Å². The van der Waals surface area contributed by atoms with Crippen LogP contribution in [0.1, 0.15) is 37.6 Å². The third kappa shape index (κ3) is 3.75. The Bertz CT molecular complexity index is 337. The highest BCUT2D eigenvalue weighted by molar-refractivity contribution is 14.1. The number of nitrogens with one attached hydrogen (secondary N) is 1. The van der Waals surface area contributed by atoms with Crippen LogP contribution >= 0.6 is 33.9 Å². The van der Waals surface area contributed by atoms with E-state index in [1.807, 2.05) is 11.4 Å². The first-order chi connectivity index (χ1) is 7.04. The van der Waals surface area contributed by atoms with Crippen LogP contribution in [0.15, 0.2) is 11.4 Å². The maximum atomic E-state index is 11.8. The predicted octanol–water partition coefficient (Wildman–Crippen LogP) is 3.52. The summed E-state index contributed by atoms with van der Waals surface area (Å²) in [7, 11) is 0. The van der Waals surface area contributed by atoms with E-state index in [1.165, 1.54) is 0 Å². The molecule has 1 amide bonds. The summed E-state index contributed by atoms with van der Waals surface area (Å²) in [6.07, 6.45) is 1.09. The minimum absolute atomic E-state index is 0.0435. The quantitative estimate of drug-likeness (QED) is 0.837. The van der Waals surface area contributed by atoms with Crippen LogP contribution in [0.3, 0.4) is 0 Å². The number of rotatable bonds is 4. The molecule has 1 N–H and O–H groups in total. The topological polar surface area (TPSA) is 29.1 Å². The molecular formula is C11H16INOS. The van der Waals surface area contributed by atoms with Crippen LogP contribution in [-0.2, 0) is 0 Å². The molecule has 0 saturated carbocycles. The number of halogens is 1. The smallest absolute Gasteiger partial charge is 0.252 e. The molecule has 0 aliphatic rings. The summed E-state index contributed by atoms with van der Waals surface area (Å²) in [5.41, 5.74) is 0.777. The maximum Gasteiger partial charge on any atom is 0.252 e. The molecule has 0 spiro atoms. The van der Waals surface area contributed by atoms with Gasteiger partial charge in [-0.25, -0.2) is 0 Å². The van der Waals surface area contributed by atoms with Crippen LogP contribution in [0.2, 0.25) is 0 Å². The van der Waals surface area contributed by atoms with Crippen molar-refractivity contribution in [3.8, 4) is 0 Å². The normalized spacial score (nSPS) is 14.7. The van der Waals surface area contributed by atoms with Gasteiger partial charge in [0.15, 0.2) is 0 Å². The zero-order chi connectivity index (χ0) is 11.4. The lowest BCUT2D eigenvalue weighted by Gasteiger charge is -2.19. The molecular weight excluding hydrogens is 321 g/mol. The van der Waals surface area contributed by atoms with Crippen LogP contribution in [0.25, 0.3) is 0 Å². The van der Waals surface area contributed by atoms with E-state index in [0.29, 0.717) is 5.92 Å². The summed E-state index contributed by atoms with van der Waals surface area (Å²) in [6.45, 7) is 6.35. The Morgan fingerprint density at radius 2 is 2.27 bits per heavy atom. The molecule has 4 heteroatoms. The van der Waals surface area contributed by atoms with Gasteiger partial charge >= 0.3 is 0 Å². The first-order valence-electron chi connectivity index (χ1n) is 5.09. The van der Waals surface area contributed by atoms with Crippen molar-refractivity contribution in [2.75, 3.05) is 0 Å². The average molecular weight is 337 g/mol. The van der Waals surface area contributed by atoms with Gasteiger partial charge in [-0.2, -0.15) is 0 Å². The highest BCUT2D eigenvalue weighted by Gasteiger charge is 2.14. The SMILES string of the molecule is CCC(C)C(C)NC(=O)c1csc(I)c1. The van der Waals surface area contributed by atoms with Crippen LogP contribution in [0.4, 0.5) is 0 Å². The predicted molar refractivity (Wildman–Crippen MR) is 73.4 cm³/mol. The molecule has 0 radical (unpaired) electrons. The summed E-state index contributed by atoms with van der Waals surface area (Å²) in [5.74, 6) is 0.564. The summed E-state index contributed by atoms with van der Waals surface area (Å²) >= 11 is 3.83. The number of carbonyl (C=O) groups excluding carboxylic acids is 1. The van der Waals surface area contributed by atoms with Gasteiger partial charge in [0, 0.05) is 11.4 Å². The lowest BCUT2D eigenvalue weighted by Crippen LogP contribution is -2.36. The van der Waals surface area contributed by atoms with E-state index < -0.39 is 0 Å². The van der Waals surface area contributed by atoms with Crippen LogP contribution < -0.4 is 5.32 Å². The van der Waals surface area contributed by atoms with Gasteiger partial charge < -0.3 is 5.32 Å². The zero-order valence-corrected chi connectivity index (χ0v) is 12.2. The van der Waals surface area contributed by atoms with Gasteiger partial charge in [0.1, 0.15) is 0 Å². The fourth-order valence-electron chi connectivity index (χ4n) is 1.22. The summed E-state index contributed by atoms with van der Waals surface area (Å²) < 4.78 is 1.15. The number of carbonyl (C=O) groups is 1. The van der Waals surface area contributed by atoms with E-state index in [-0.39, 0.29) is 11.9 Å². The Kier molecular flexibility index (Phi) is 5.05. The molecule has 0 aromatic carbocycles. The largest absolute Gasteiger partial charge is 0.349 e. The Hall–Kier alpha value is -0.100. The summed E-state index contributed by atoms with van der Waals surface area (Å²) in [6, 6.07) is 2.16. The lowest BCUT2D eigenvalue weighted by molar-refractivity contribution is 0.0928. The third-order valence-corrected chi connectivity index (χ3v) is 4.47. The number of hydrogen-bond donors (Lipinski definition) is 1. The second-order valence-electron chi connectivity index (χ2n) is 3.79. The van der Waals surface area contributed by atoms with Gasteiger partial charge in [0.05, 0.1) is 8.45 Å². The van der Waals surface area contributed by atoms with E-state index in [1.54, 1.807) is 11.3 Å².